The quantitative estimate of drug-likeness (QED) is 0.802. The van der Waals surface area contributed by atoms with Gasteiger partial charge >= 0.3 is 0 Å². The lowest BCUT2D eigenvalue weighted by Crippen LogP contribution is -2.06. The van der Waals surface area contributed by atoms with E-state index in [1.54, 1.807) is 6.07 Å². The van der Waals surface area contributed by atoms with Crippen LogP contribution in [0, 0.1) is 13.8 Å². The molecule has 1 aliphatic carbocycles. The number of hydrogen-bond donors (Lipinski definition) is 2. The molecule has 1 saturated carbocycles. The molecule has 0 spiro atoms. The van der Waals surface area contributed by atoms with E-state index in [-0.39, 0.29) is 0 Å². The highest BCUT2D eigenvalue weighted by atomic mass is 16.3. The van der Waals surface area contributed by atoms with E-state index in [4.69, 9.17) is 0 Å². The summed E-state index contributed by atoms with van der Waals surface area (Å²) in [5.74, 6) is 1.28. The monoisotopic (exact) mass is 310 g/mol. The van der Waals surface area contributed by atoms with Crippen molar-refractivity contribution in [3.8, 4) is 11.5 Å². The van der Waals surface area contributed by atoms with Gasteiger partial charge in [-0.25, -0.2) is 0 Å². The number of hydrogen-bond acceptors (Lipinski definition) is 2. The van der Waals surface area contributed by atoms with Gasteiger partial charge in [0, 0.05) is 0 Å². The van der Waals surface area contributed by atoms with Gasteiger partial charge in [0.05, 0.1) is 0 Å². The smallest absolute Gasteiger partial charge is 0.119 e. The summed E-state index contributed by atoms with van der Waals surface area (Å²) in [5, 5.41) is 20.0. The van der Waals surface area contributed by atoms with Crippen molar-refractivity contribution in [2.45, 2.75) is 58.3 Å². The highest BCUT2D eigenvalue weighted by Gasteiger charge is 2.20. The predicted octanol–water partition coefficient (Wildman–Crippen LogP) is 5.35. The summed E-state index contributed by atoms with van der Waals surface area (Å²) in [7, 11) is 0. The van der Waals surface area contributed by atoms with E-state index in [0.29, 0.717) is 17.4 Å². The molecule has 0 aliphatic heterocycles. The average Bonchev–Trinajstić information content (AvgIpc) is 2.53. The standard InChI is InChI=1S/C21H26O2/c1-14-10-19(22)9-8-17(14)12-18-13-20(21(23)11-15(18)2)16-6-4-3-5-7-16/h8-11,13,16,22-23H,3-7,12H2,1-2H3. The maximum absolute atomic E-state index is 10.4. The second-order valence-corrected chi connectivity index (χ2v) is 6.96. The molecule has 2 N–H and O–H groups in total. The van der Waals surface area contributed by atoms with Crippen LogP contribution < -0.4 is 0 Å². The lowest BCUT2D eigenvalue weighted by atomic mass is 9.82. The minimum atomic E-state index is 0.316. The fourth-order valence-corrected chi connectivity index (χ4v) is 3.77. The molecular weight excluding hydrogens is 284 g/mol. The Kier molecular flexibility index (Phi) is 4.61. The van der Waals surface area contributed by atoms with Gasteiger partial charge in [0.25, 0.3) is 0 Å². The molecule has 1 fully saturated rings. The van der Waals surface area contributed by atoms with Crippen LogP contribution in [0.3, 0.4) is 0 Å². The van der Waals surface area contributed by atoms with Crippen molar-refractivity contribution < 1.29 is 10.2 Å². The zero-order valence-electron chi connectivity index (χ0n) is 14.1. The van der Waals surface area contributed by atoms with Gasteiger partial charge in [-0.2, -0.15) is 0 Å². The molecule has 122 valence electrons. The number of phenols is 2. The Morgan fingerprint density at radius 1 is 0.870 bits per heavy atom. The maximum Gasteiger partial charge on any atom is 0.119 e. The molecule has 2 aromatic carbocycles. The number of aromatic hydroxyl groups is 2. The van der Waals surface area contributed by atoms with Crippen LogP contribution in [-0.2, 0) is 6.42 Å². The van der Waals surface area contributed by atoms with Gasteiger partial charge in [-0.3, -0.25) is 0 Å². The zero-order chi connectivity index (χ0) is 16.4. The van der Waals surface area contributed by atoms with E-state index in [1.165, 1.54) is 43.2 Å². The minimum Gasteiger partial charge on any atom is -0.508 e. The Balaban J connectivity index is 1.92. The Morgan fingerprint density at radius 3 is 2.26 bits per heavy atom. The molecule has 2 nitrogen and oxygen atoms in total. The first kappa shape index (κ1) is 15.9. The van der Waals surface area contributed by atoms with Crippen LogP contribution in [0.4, 0.5) is 0 Å². The SMILES string of the molecule is Cc1cc(O)ccc1Cc1cc(C2CCCCC2)c(O)cc1C. The van der Waals surface area contributed by atoms with Crippen LogP contribution in [0.5, 0.6) is 11.5 Å². The predicted molar refractivity (Wildman–Crippen MR) is 94.3 cm³/mol. The van der Waals surface area contributed by atoms with E-state index in [0.717, 1.165) is 23.1 Å². The van der Waals surface area contributed by atoms with Crippen LogP contribution in [0.15, 0.2) is 30.3 Å². The van der Waals surface area contributed by atoms with Crippen molar-refractivity contribution in [3.05, 3.63) is 58.1 Å². The van der Waals surface area contributed by atoms with Gasteiger partial charge in [-0.05, 0) is 85.0 Å². The van der Waals surface area contributed by atoms with E-state index in [9.17, 15) is 10.2 Å². The summed E-state index contributed by atoms with van der Waals surface area (Å²) < 4.78 is 0. The lowest BCUT2D eigenvalue weighted by Gasteiger charge is -2.24. The third kappa shape index (κ3) is 3.52. The molecule has 0 radical (unpaired) electrons. The molecule has 0 unspecified atom stereocenters. The van der Waals surface area contributed by atoms with Crippen molar-refractivity contribution in [2.75, 3.05) is 0 Å². The van der Waals surface area contributed by atoms with Crippen LogP contribution in [0.1, 0.15) is 65.8 Å². The highest BCUT2D eigenvalue weighted by Crippen LogP contribution is 2.38. The maximum atomic E-state index is 10.4. The van der Waals surface area contributed by atoms with Gasteiger partial charge in [-0.1, -0.05) is 31.4 Å². The van der Waals surface area contributed by atoms with Crippen LogP contribution in [-0.4, -0.2) is 10.2 Å². The summed E-state index contributed by atoms with van der Waals surface area (Å²) in [5.41, 5.74) is 5.87. The topological polar surface area (TPSA) is 40.5 Å². The molecule has 2 aromatic rings. The van der Waals surface area contributed by atoms with Crippen molar-refractivity contribution in [2.24, 2.45) is 0 Å². The molecular formula is C21H26O2. The van der Waals surface area contributed by atoms with E-state index >= 15 is 0 Å². The van der Waals surface area contributed by atoms with Crippen molar-refractivity contribution in [1.29, 1.82) is 0 Å². The molecule has 1 aliphatic rings. The van der Waals surface area contributed by atoms with Crippen LogP contribution in [0.2, 0.25) is 0 Å². The lowest BCUT2D eigenvalue weighted by molar-refractivity contribution is 0.414. The second kappa shape index (κ2) is 6.66. The molecule has 0 atom stereocenters. The first-order valence-corrected chi connectivity index (χ1v) is 8.65. The minimum absolute atomic E-state index is 0.316. The van der Waals surface area contributed by atoms with Crippen molar-refractivity contribution in [3.63, 3.8) is 0 Å². The molecule has 0 saturated heterocycles. The first-order chi connectivity index (χ1) is 11.0. The van der Waals surface area contributed by atoms with Crippen molar-refractivity contribution in [1.82, 2.24) is 0 Å². The number of aryl methyl sites for hydroxylation is 2. The van der Waals surface area contributed by atoms with Gasteiger partial charge in [0.2, 0.25) is 0 Å². The molecule has 0 amide bonds. The third-order valence-corrected chi connectivity index (χ3v) is 5.24. The Labute approximate surface area is 138 Å². The Hall–Kier alpha value is -1.96. The molecule has 0 bridgehead atoms. The highest BCUT2D eigenvalue weighted by molar-refractivity contribution is 5.46. The van der Waals surface area contributed by atoms with E-state index in [2.05, 4.69) is 13.0 Å². The normalized spacial score (nSPS) is 15.7. The average molecular weight is 310 g/mol. The van der Waals surface area contributed by atoms with Crippen molar-refractivity contribution >= 4 is 0 Å². The van der Waals surface area contributed by atoms with Gasteiger partial charge in [0.15, 0.2) is 0 Å². The summed E-state index contributed by atoms with van der Waals surface area (Å²) >= 11 is 0. The number of phenolic OH excluding ortho intramolecular Hbond substituents is 2. The molecule has 0 heterocycles. The van der Waals surface area contributed by atoms with E-state index < -0.39 is 0 Å². The fourth-order valence-electron chi connectivity index (χ4n) is 3.77. The number of rotatable bonds is 3. The Morgan fingerprint density at radius 2 is 1.57 bits per heavy atom. The summed E-state index contributed by atoms with van der Waals surface area (Å²) in [6.07, 6.45) is 7.08. The molecule has 0 aromatic heterocycles. The summed E-state index contributed by atoms with van der Waals surface area (Å²) in [4.78, 5) is 0. The van der Waals surface area contributed by atoms with Crippen LogP contribution >= 0.6 is 0 Å². The molecule has 2 heteroatoms. The molecule has 3 rings (SSSR count). The fraction of sp³-hybridized carbons (Fsp3) is 0.429. The second-order valence-electron chi connectivity index (χ2n) is 6.96. The van der Waals surface area contributed by atoms with E-state index in [1.807, 2.05) is 25.1 Å². The van der Waals surface area contributed by atoms with Gasteiger partial charge < -0.3 is 10.2 Å². The summed E-state index contributed by atoms with van der Waals surface area (Å²) in [6, 6.07) is 9.70. The largest absolute Gasteiger partial charge is 0.508 e. The Bertz CT molecular complexity index is 697. The van der Waals surface area contributed by atoms with Gasteiger partial charge in [0.1, 0.15) is 11.5 Å². The zero-order valence-corrected chi connectivity index (χ0v) is 14.1. The first-order valence-electron chi connectivity index (χ1n) is 8.65. The van der Waals surface area contributed by atoms with Crippen LogP contribution in [0.25, 0.3) is 0 Å². The summed E-state index contributed by atoms with van der Waals surface area (Å²) in [6.45, 7) is 4.10. The molecule has 23 heavy (non-hydrogen) atoms. The number of benzene rings is 2. The third-order valence-electron chi connectivity index (χ3n) is 5.24. The van der Waals surface area contributed by atoms with Gasteiger partial charge in [-0.15, -0.1) is 0 Å².